The fourth-order valence-electron chi connectivity index (χ4n) is 4.74. The Kier molecular flexibility index (Phi) is 4.10. The van der Waals surface area contributed by atoms with Gasteiger partial charge in [-0.3, -0.25) is 9.36 Å². The van der Waals surface area contributed by atoms with Crippen LogP contribution in [0.25, 0.3) is 11.2 Å². The van der Waals surface area contributed by atoms with Gasteiger partial charge >= 0.3 is 0 Å². The minimum atomic E-state index is -0.202. The average molecular weight is 449 g/mol. The molecule has 4 heterocycles. The van der Waals surface area contributed by atoms with Crippen LogP contribution in [0.3, 0.4) is 0 Å². The number of benzene rings is 1. The first-order valence-corrected chi connectivity index (χ1v) is 10.5. The van der Waals surface area contributed by atoms with Gasteiger partial charge in [0.1, 0.15) is 12.9 Å². The molecule has 1 saturated carbocycles. The predicted molar refractivity (Wildman–Crippen MR) is 114 cm³/mol. The summed E-state index contributed by atoms with van der Waals surface area (Å²) in [6.45, 7) is 1.86. The molecule has 3 atom stereocenters. The molecule has 1 aromatic carbocycles. The summed E-state index contributed by atoms with van der Waals surface area (Å²) < 4.78 is 8.53. The van der Waals surface area contributed by atoms with E-state index >= 15 is 0 Å². The van der Waals surface area contributed by atoms with Gasteiger partial charge in [0, 0.05) is 36.8 Å². The summed E-state index contributed by atoms with van der Waals surface area (Å²) in [6, 6.07) is 7.57. The highest BCUT2D eigenvalue weighted by molar-refractivity contribution is 6.31. The molecule has 6 rings (SSSR count). The third-order valence-corrected chi connectivity index (χ3v) is 6.58. The molecule has 11 heteroatoms. The zero-order chi connectivity index (χ0) is 22.0. The lowest BCUT2D eigenvalue weighted by atomic mass is 10.2. The first-order valence-electron chi connectivity index (χ1n) is 10.2. The molecule has 0 N–H and O–H groups in total. The van der Waals surface area contributed by atoms with Crippen molar-refractivity contribution in [3.63, 3.8) is 0 Å². The van der Waals surface area contributed by atoms with Crippen molar-refractivity contribution in [2.24, 2.45) is 18.9 Å². The topological polar surface area (TPSA) is 119 Å². The molecule has 1 saturated heterocycles. The SMILES string of the molecule is Cn1cnc2ncn(Cc3nc([C@H]4[C@@H]5CN(c6cc(Cl)cc(C#N)c6)C[C@@H]54)no3)c(=O)c21. The zero-order valence-electron chi connectivity index (χ0n) is 17.0. The van der Waals surface area contributed by atoms with Crippen LogP contribution in [0.15, 0.2) is 40.2 Å². The number of fused-ring (bicyclic) bond motifs is 2. The second-order valence-electron chi connectivity index (χ2n) is 8.32. The van der Waals surface area contributed by atoms with E-state index in [-0.39, 0.29) is 18.0 Å². The van der Waals surface area contributed by atoms with Crippen molar-refractivity contribution in [1.82, 2.24) is 29.2 Å². The fraction of sp³-hybridized carbons (Fsp3) is 0.333. The molecule has 3 aromatic heterocycles. The number of nitrogens with zero attached hydrogens (tertiary/aromatic N) is 8. The normalized spacial score (nSPS) is 21.7. The van der Waals surface area contributed by atoms with E-state index in [1.165, 1.54) is 10.9 Å². The molecule has 10 nitrogen and oxygen atoms in total. The van der Waals surface area contributed by atoms with Crippen molar-refractivity contribution in [3.05, 3.63) is 63.5 Å². The lowest BCUT2D eigenvalue weighted by Gasteiger charge is -2.22. The van der Waals surface area contributed by atoms with Crippen molar-refractivity contribution in [3.8, 4) is 6.07 Å². The summed E-state index contributed by atoms with van der Waals surface area (Å²) in [5, 5.41) is 13.9. The van der Waals surface area contributed by atoms with Crippen molar-refractivity contribution < 1.29 is 4.52 Å². The van der Waals surface area contributed by atoms with Gasteiger partial charge < -0.3 is 14.0 Å². The van der Waals surface area contributed by atoms with Gasteiger partial charge in [-0.15, -0.1) is 0 Å². The number of anilines is 1. The van der Waals surface area contributed by atoms with Crippen molar-refractivity contribution in [2.45, 2.75) is 12.5 Å². The first kappa shape index (κ1) is 19.0. The van der Waals surface area contributed by atoms with Gasteiger partial charge in [0.05, 0.1) is 18.0 Å². The van der Waals surface area contributed by atoms with Crippen LogP contribution in [0, 0.1) is 23.2 Å². The van der Waals surface area contributed by atoms with E-state index in [0.717, 1.165) is 18.8 Å². The maximum absolute atomic E-state index is 12.7. The van der Waals surface area contributed by atoms with Gasteiger partial charge in [-0.25, -0.2) is 9.97 Å². The van der Waals surface area contributed by atoms with Crippen molar-refractivity contribution in [2.75, 3.05) is 18.0 Å². The summed E-state index contributed by atoms with van der Waals surface area (Å²) in [6.07, 6.45) is 3.01. The average Bonchev–Trinajstić information content (AvgIpc) is 3.20. The minimum absolute atomic E-state index is 0.160. The van der Waals surface area contributed by atoms with E-state index in [9.17, 15) is 10.1 Å². The Labute approximate surface area is 186 Å². The van der Waals surface area contributed by atoms with Crippen LogP contribution >= 0.6 is 11.6 Å². The number of rotatable bonds is 4. The Morgan fingerprint density at radius 3 is 2.78 bits per heavy atom. The van der Waals surface area contributed by atoms with Gasteiger partial charge in [-0.1, -0.05) is 16.8 Å². The van der Waals surface area contributed by atoms with Crippen molar-refractivity contribution >= 4 is 28.5 Å². The van der Waals surface area contributed by atoms with E-state index in [0.29, 0.717) is 45.3 Å². The summed E-state index contributed by atoms with van der Waals surface area (Å²) in [7, 11) is 1.76. The van der Waals surface area contributed by atoms with Gasteiger partial charge in [0.2, 0.25) is 5.89 Å². The van der Waals surface area contributed by atoms with Crippen LogP contribution < -0.4 is 10.5 Å². The number of aryl methyl sites for hydroxylation is 1. The molecule has 4 aromatic rings. The summed E-state index contributed by atoms with van der Waals surface area (Å²) in [4.78, 5) is 27.8. The van der Waals surface area contributed by atoms with Crippen LogP contribution in [0.1, 0.15) is 23.2 Å². The number of aromatic nitrogens is 6. The van der Waals surface area contributed by atoms with Crippen LogP contribution in [-0.2, 0) is 13.6 Å². The Balaban J connectivity index is 1.16. The third kappa shape index (κ3) is 2.97. The van der Waals surface area contributed by atoms with Crippen LogP contribution in [0.2, 0.25) is 5.02 Å². The van der Waals surface area contributed by atoms with Crippen LogP contribution in [-0.4, -0.2) is 42.3 Å². The Hall–Kier alpha value is -3.71. The molecule has 0 amide bonds. The second-order valence-corrected chi connectivity index (χ2v) is 8.76. The maximum Gasteiger partial charge on any atom is 0.280 e. The highest BCUT2D eigenvalue weighted by Gasteiger charge is 2.58. The van der Waals surface area contributed by atoms with E-state index in [1.54, 1.807) is 24.0 Å². The molecule has 0 bridgehead atoms. The first-order chi connectivity index (χ1) is 15.5. The Bertz CT molecular complexity index is 1450. The molecule has 32 heavy (non-hydrogen) atoms. The molecular weight excluding hydrogens is 432 g/mol. The molecule has 1 aliphatic carbocycles. The van der Waals surface area contributed by atoms with E-state index in [4.69, 9.17) is 16.1 Å². The number of piperidine rings is 1. The largest absolute Gasteiger partial charge is 0.371 e. The molecule has 0 unspecified atom stereocenters. The molecular formula is C21H17ClN8O2. The summed E-state index contributed by atoms with van der Waals surface area (Å²) in [5.74, 6) is 2.16. The third-order valence-electron chi connectivity index (χ3n) is 6.36. The van der Waals surface area contributed by atoms with Gasteiger partial charge in [-0.05, 0) is 30.0 Å². The highest BCUT2D eigenvalue weighted by atomic mass is 35.5. The van der Waals surface area contributed by atoms with Gasteiger partial charge in [-0.2, -0.15) is 10.2 Å². The predicted octanol–water partition coefficient (Wildman–Crippen LogP) is 1.94. The monoisotopic (exact) mass is 448 g/mol. The number of nitriles is 1. The van der Waals surface area contributed by atoms with Crippen LogP contribution in [0.5, 0.6) is 0 Å². The molecule has 0 radical (unpaired) electrons. The van der Waals surface area contributed by atoms with Crippen LogP contribution in [0.4, 0.5) is 5.69 Å². The van der Waals surface area contributed by atoms with E-state index < -0.39 is 0 Å². The molecule has 2 fully saturated rings. The minimum Gasteiger partial charge on any atom is -0.371 e. The molecule has 160 valence electrons. The highest BCUT2D eigenvalue weighted by Crippen LogP contribution is 2.58. The molecule has 0 spiro atoms. The lowest BCUT2D eigenvalue weighted by Crippen LogP contribution is -2.24. The molecule has 1 aliphatic heterocycles. The number of hydrogen-bond acceptors (Lipinski definition) is 8. The fourth-order valence-corrected chi connectivity index (χ4v) is 4.97. The smallest absolute Gasteiger partial charge is 0.280 e. The van der Waals surface area contributed by atoms with E-state index in [2.05, 4.69) is 31.1 Å². The molecule has 2 aliphatic rings. The van der Waals surface area contributed by atoms with E-state index in [1.807, 2.05) is 12.1 Å². The lowest BCUT2D eigenvalue weighted by molar-refractivity contribution is 0.363. The number of hydrogen-bond donors (Lipinski definition) is 0. The van der Waals surface area contributed by atoms with Crippen molar-refractivity contribution in [1.29, 1.82) is 5.26 Å². The summed E-state index contributed by atoms with van der Waals surface area (Å²) >= 11 is 6.15. The Morgan fingerprint density at radius 2 is 2.00 bits per heavy atom. The number of imidazole rings is 1. The standard InChI is InChI=1S/C21H17ClN8O2/c1-28-9-24-20-18(28)21(31)30(10-25-20)8-16-26-19(27-32-16)17-14-6-29(7-15(14)17)13-3-11(5-23)2-12(22)4-13/h2-4,9-10,14-15,17H,6-8H2,1H3/t14-,15+,17+. The van der Waals surface area contributed by atoms with Gasteiger partial charge in [0.25, 0.3) is 5.56 Å². The second kappa shape index (κ2) is 6.90. The number of halogens is 1. The maximum atomic E-state index is 12.7. The quantitative estimate of drug-likeness (QED) is 0.464. The zero-order valence-corrected chi connectivity index (χ0v) is 17.8. The van der Waals surface area contributed by atoms with Gasteiger partial charge in [0.15, 0.2) is 17.0 Å². The Morgan fingerprint density at radius 1 is 1.22 bits per heavy atom. The summed E-state index contributed by atoms with van der Waals surface area (Å²) in [5.41, 5.74) is 2.17.